The van der Waals surface area contributed by atoms with Gasteiger partial charge < -0.3 is 50.4 Å². The number of halogens is 1. The molecule has 3 fully saturated rings. The summed E-state index contributed by atoms with van der Waals surface area (Å²) in [6.07, 6.45) is 5.49. The van der Waals surface area contributed by atoms with Gasteiger partial charge in [-0.05, 0) is 118 Å². The van der Waals surface area contributed by atoms with E-state index in [0.29, 0.717) is 75.6 Å². The van der Waals surface area contributed by atoms with Crippen LogP contribution in [-0.2, 0) is 30.4 Å². The second-order valence-corrected chi connectivity index (χ2v) is 19.2. The molecule has 18 heteroatoms. The van der Waals surface area contributed by atoms with Crippen molar-refractivity contribution in [1.82, 2.24) is 35.6 Å². The van der Waals surface area contributed by atoms with Crippen molar-refractivity contribution in [2.75, 3.05) is 120 Å². The molecule has 1 aromatic heterocycles. The topological polar surface area (TPSA) is 181 Å². The van der Waals surface area contributed by atoms with Crippen LogP contribution < -0.4 is 26.4 Å². The van der Waals surface area contributed by atoms with Crippen LogP contribution in [0.5, 0.6) is 5.75 Å². The van der Waals surface area contributed by atoms with Gasteiger partial charge in [-0.1, -0.05) is 24.3 Å². The van der Waals surface area contributed by atoms with Crippen molar-refractivity contribution >= 4 is 53.6 Å². The molecule has 0 bridgehead atoms. The van der Waals surface area contributed by atoms with Crippen LogP contribution in [0.15, 0.2) is 48.0 Å². The van der Waals surface area contributed by atoms with E-state index in [0.717, 1.165) is 63.2 Å². The maximum atomic E-state index is 12.8. The minimum atomic E-state index is -1.39. The maximum Gasteiger partial charge on any atom is 0.254 e. The molecule has 2 atom stereocenters. The molecule has 1 saturated carbocycles. The molecular weight excluding hydrogens is 884 g/mol. The number of amides is 1. The summed E-state index contributed by atoms with van der Waals surface area (Å²) in [7, 11) is 11.0. The number of rotatable bonds is 20. The number of methoxy groups -OCH3 is 1. The Bertz CT molecular complexity index is 1830. The number of thiazole rings is 1. The first kappa shape index (κ1) is 58.3. The minimum absolute atomic E-state index is 0.000497. The number of aldehydes is 3. The van der Waals surface area contributed by atoms with Gasteiger partial charge in [0.05, 0.1) is 67.4 Å². The number of hydrogen-bond donors (Lipinski definition) is 4. The number of anilines is 1. The number of nitrogens with one attached hydrogen (secondary N) is 3. The van der Waals surface area contributed by atoms with Crippen LogP contribution in [0.25, 0.3) is 10.4 Å². The number of nitrogens with two attached hydrogens (primary N) is 1. The highest BCUT2D eigenvalue weighted by molar-refractivity contribution is 8.00. The van der Waals surface area contributed by atoms with Crippen molar-refractivity contribution in [3.8, 4) is 16.2 Å². The number of nitrogen functional groups attached to an aromatic ring is 1. The zero-order valence-corrected chi connectivity index (χ0v) is 42.4. The average Bonchev–Trinajstić information content (AvgIpc) is 3.67. The van der Waals surface area contributed by atoms with Crippen LogP contribution in [0.3, 0.4) is 0 Å². The van der Waals surface area contributed by atoms with Crippen LogP contribution in [0.1, 0.15) is 61.1 Å². The van der Waals surface area contributed by atoms with Crippen LogP contribution in [0.4, 0.5) is 10.1 Å². The molecule has 0 spiro atoms. The van der Waals surface area contributed by atoms with Gasteiger partial charge in [0.15, 0.2) is 12.0 Å². The molecule has 15 nitrogen and oxygen atoms in total. The Labute approximate surface area is 401 Å². The fourth-order valence-corrected chi connectivity index (χ4v) is 8.54. The summed E-state index contributed by atoms with van der Waals surface area (Å²) < 4.78 is 28.3. The Hall–Kier alpha value is -3.85. The highest BCUT2D eigenvalue weighted by Crippen LogP contribution is 2.37. The lowest BCUT2D eigenvalue weighted by molar-refractivity contribution is -0.113. The van der Waals surface area contributed by atoms with E-state index in [9.17, 15) is 23.6 Å². The molecule has 370 valence electrons. The summed E-state index contributed by atoms with van der Waals surface area (Å²) in [5, 5.41) is 8.92. The molecular formula is C48H77FN8O7S2. The zero-order valence-electron chi connectivity index (χ0n) is 40.7. The first-order chi connectivity index (χ1) is 31.7. The van der Waals surface area contributed by atoms with Gasteiger partial charge in [0.1, 0.15) is 18.3 Å². The lowest BCUT2D eigenvalue weighted by atomic mass is 10.1. The van der Waals surface area contributed by atoms with Gasteiger partial charge in [-0.15, -0.1) is 11.3 Å². The largest absolute Gasteiger partial charge is 0.495 e. The fraction of sp³-hybridized carbons (Fsp3) is 0.604. The number of benzene rings is 2. The number of carbonyl (C=O) groups excluding carboxylic acids is 4. The van der Waals surface area contributed by atoms with Gasteiger partial charge >= 0.3 is 0 Å². The number of aromatic nitrogens is 1. The minimum Gasteiger partial charge on any atom is -0.495 e. The number of piperazine rings is 1. The van der Waals surface area contributed by atoms with Gasteiger partial charge in [-0.2, -0.15) is 11.8 Å². The van der Waals surface area contributed by atoms with Crippen LogP contribution in [0.2, 0.25) is 0 Å². The average molecular weight is 961 g/mol. The molecule has 5 N–H and O–H groups in total. The van der Waals surface area contributed by atoms with E-state index >= 15 is 0 Å². The highest BCUT2D eigenvalue weighted by Gasteiger charge is 2.42. The Morgan fingerprint density at radius 3 is 2.12 bits per heavy atom. The van der Waals surface area contributed by atoms with Crippen LogP contribution in [-0.4, -0.2) is 181 Å². The quantitative estimate of drug-likeness (QED) is 0.0674. The smallest absolute Gasteiger partial charge is 0.254 e. The molecule has 1 aliphatic carbocycles. The maximum absolute atomic E-state index is 12.8. The van der Waals surface area contributed by atoms with E-state index in [1.54, 1.807) is 55.5 Å². The van der Waals surface area contributed by atoms with Gasteiger partial charge in [0.2, 0.25) is 0 Å². The second kappa shape index (κ2) is 32.0. The Balaban J connectivity index is 0.000000375. The van der Waals surface area contributed by atoms with Crippen molar-refractivity contribution in [1.29, 1.82) is 0 Å². The van der Waals surface area contributed by atoms with E-state index in [1.807, 2.05) is 45.5 Å². The number of thioether (sulfide) groups is 1. The summed E-state index contributed by atoms with van der Waals surface area (Å²) >= 11 is 3.42. The third kappa shape index (κ3) is 21.4. The van der Waals surface area contributed by atoms with Crippen molar-refractivity contribution < 1.29 is 37.8 Å². The van der Waals surface area contributed by atoms with E-state index in [1.165, 1.54) is 22.4 Å². The summed E-state index contributed by atoms with van der Waals surface area (Å²) in [5.74, 6) is 1.35. The first-order valence-corrected chi connectivity index (χ1v) is 24.4. The number of nitrogens with zero attached hydrogens (tertiary/aromatic N) is 4. The SMILES string of the molecule is CN1CCCC1C=O.CNC.CNC(C=O)C(C)(C)SCCOCCOCCN1CCN(C(=O)c2ccc(N)c(OC)c2)CC1.CNCc1ccc(-c2scnc2C)cc1.O=CC1(F)CC1. The highest BCUT2D eigenvalue weighted by atomic mass is 32.2. The number of hydrogen-bond acceptors (Lipinski definition) is 16. The molecule has 2 aromatic carbocycles. The number of aryl methyl sites for hydroxylation is 1. The Morgan fingerprint density at radius 1 is 1.00 bits per heavy atom. The summed E-state index contributed by atoms with van der Waals surface area (Å²) in [5.41, 5.74) is 11.1. The number of ether oxygens (including phenoxy) is 3. The molecule has 0 radical (unpaired) electrons. The molecule has 2 aliphatic heterocycles. The number of likely N-dealkylation sites (N-methyl/N-ethyl adjacent to an activating group) is 2. The van der Waals surface area contributed by atoms with Gasteiger partial charge in [-0.3, -0.25) is 19.4 Å². The molecule has 1 amide bonds. The predicted octanol–water partition coefficient (Wildman–Crippen LogP) is 5.01. The fourth-order valence-electron chi connectivity index (χ4n) is 6.65. The van der Waals surface area contributed by atoms with Crippen LogP contribution >= 0.6 is 23.1 Å². The lowest BCUT2D eigenvalue weighted by Crippen LogP contribution is -2.49. The number of carbonyl (C=O) groups is 4. The van der Waals surface area contributed by atoms with Crippen molar-refractivity contribution in [2.45, 2.75) is 75.5 Å². The third-order valence-electron chi connectivity index (χ3n) is 11.0. The molecule has 3 aliphatic rings. The molecule has 2 saturated heterocycles. The van der Waals surface area contributed by atoms with Gasteiger partial charge in [-0.25, -0.2) is 9.37 Å². The van der Waals surface area contributed by atoms with E-state index < -0.39 is 5.67 Å². The molecule has 3 aromatic rings. The molecule has 66 heavy (non-hydrogen) atoms. The molecule has 3 heterocycles. The van der Waals surface area contributed by atoms with Gasteiger partial charge in [0.25, 0.3) is 5.91 Å². The molecule has 2 unspecified atom stereocenters. The predicted molar refractivity (Wildman–Crippen MR) is 268 cm³/mol. The summed E-state index contributed by atoms with van der Waals surface area (Å²) in [6, 6.07) is 13.8. The first-order valence-electron chi connectivity index (χ1n) is 22.6. The van der Waals surface area contributed by atoms with E-state index in [2.05, 4.69) is 68.8 Å². The monoisotopic (exact) mass is 961 g/mol. The Morgan fingerprint density at radius 2 is 1.65 bits per heavy atom. The summed E-state index contributed by atoms with van der Waals surface area (Å²) in [6.45, 7) is 14.4. The van der Waals surface area contributed by atoms with Crippen molar-refractivity contribution in [3.63, 3.8) is 0 Å². The molecule has 6 rings (SSSR count). The van der Waals surface area contributed by atoms with E-state index in [-0.39, 0.29) is 22.7 Å². The summed E-state index contributed by atoms with van der Waals surface area (Å²) in [4.78, 5) is 55.4. The van der Waals surface area contributed by atoms with Crippen LogP contribution in [0, 0.1) is 6.92 Å². The number of alkyl halides is 1. The Kier molecular flexibility index (Phi) is 28.3. The zero-order chi connectivity index (χ0) is 49.0. The third-order valence-corrected chi connectivity index (χ3v) is 13.3. The second-order valence-electron chi connectivity index (χ2n) is 16.6. The van der Waals surface area contributed by atoms with Crippen molar-refractivity contribution in [3.05, 3.63) is 64.8 Å². The van der Waals surface area contributed by atoms with Crippen molar-refractivity contribution in [2.24, 2.45) is 0 Å². The van der Waals surface area contributed by atoms with Gasteiger partial charge in [0, 0.05) is 55.3 Å². The standard InChI is InChI=1S/C24H40N4O5S.C12H14N2S.C6H11NO.C4H5FO.C2H7N/c1-24(2,22(18-29)26-3)34-16-15-33-14-13-32-12-11-27-7-9-28(10-8-27)23(30)19-5-6-20(25)21(17-19)31-4;1-9-12(15-8-14-9)11-5-3-10(4-6-11)7-13-2;1-7-4-2-3-6(7)5-8;5-4(3-6)1-2-4;1-3-2/h5-6,17-18,22,26H,7-16,25H2,1-4H3;3-6,8,13H,7H2,1-2H3;5-6H,2-4H2,1H3;3H,1-2H2;3H,1-2H3. The van der Waals surface area contributed by atoms with E-state index in [4.69, 9.17) is 19.9 Å². The lowest BCUT2D eigenvalue weighted by Gasteiger charge is -2.34. The number of likely N-dealkylation sites (tertiary alicyclic amines) is 1. The normalized spacial score (nSPS) is 16.9.